The Balaban J connectivity index is 2.36. The molecule has 0 bridgehead atoms. The number of anilines is 1. The Kier molecular flexibility index (Phi) is 3.26. The highest BCUT2D eigenvalue weighted by atomic mass is 16.4. The minimum Gasteiger partial charge on any atom is -0.476 e. The van der Waals surface area contributed by atoms with Gasteiger partial charge in [0, 0.05) is 25.0 Å². The van der Waals surface area contributed by atoms with Crippen molar-refractivity contribution >= 4 is 11.8 Å². The molecule has 0 aromatic carbocycles. The standard InChI is InChI=1S/C12H17N3O2/c1-8(2)9-4-3-7-15(9)11-10(12(16)17)13-5-6-14-11/h5-6,8-9H,3-4,7H2,1-2H3,(H,16,17). The molecular formula is C12H17N3O2. The molecular weight excluding hydrogens is 218 g/mol. The van der Waals surface area contributed by atoms with Crippen LogP contribution in [0.2, 0.25) is 0 Å². The van der Waals surface area contributed by atoms with Gasteiger partial charge in [0.15, 0.2) is 11.5 Å². The summed E-state index contributed by atoms with van der Waals surface area (Å²) in [6.07, 6.45) is 5.15. The van der Waals surface area contributed by atoms with E-state index >= 15 is 0 Å². The van der Waals surface area contributed by atoms with Crippen molar-refractivity contribution in [1.29, 1.82) is 0 Å². The molecule has 0 saturated carbocycles. The average Bonchev–Trinajstić information content (AvgIpc) is 2.77. The first-order valence-corrected chi connectivity index (χ1v) is 5.92. The molecule has 1 aromatic rings. The summed E-state index contributed by atoms with van der Waals surface area (Å²) in [6, 6.07) is 0.366. The van der Waals surface area contributed by atoms with E-state index in [9.17, 15) is 4.79 Å². The molecule has 2 heterocycles. The second-order valence-electron chi connectivity index (χ2n) is 4.68. The fraction of sp³-hybridized carbons (Fsp3) is 0.583. The van der Waals surface area contributed by atoms with Crippen molar-refractivity contribution < 1.29 is 9.90 Å². The van der Waals surface area contributed by atoms with Crippen molar-refractivity contribution in [2.24, 2.45) is 5.92 Å². The van der Waals surface area contributed by atoms with Gasteiger partial charge in [0.2, 0.25) is 0 Å². The van der Waals surface area contributed by atoms with Crippen LogP contribution in [0.4, 0.5) is 5.82 Å². The lowest BCUT2D eigenvalue weighted by molar-refractivity contribution is 0.0690. The zero-order valence-electron chi connectivity index (χ0n) is 10.1. The first-order valence-electron chi connectivity index (χ1n) is 5.92. The highest BCUT2D eigenvalue weighted by molar-refractivity contribution is 5.91. The highest BCUT2D eigenvalue weighted by Gasteiger charge is 2.31. The summed E-state index contributed by atoms with van der Waals surface area (Å²) in [5.74, 6) is -0.0140. The van der Waals surface area contributed by atoms with E-state index in [0.717, 1.165) is 19.4 Å². The maximum atomic E-state index is 11.1. The predicted molar refractivity (Wildman–Crippen MR) is 64.2 cm³/mol. The number of aromatic nitrogens is 2. The maximum absolute atomic E-state index is 11.1. The van der Waals surface area contributed by atoms with E-state index < -0.39 is 5.97 Å². The van der Waals surface area contributed by atoms with Crippen molar-refractivity contribution in [2.45, 2.75) is 32.7 Å². The second-order valence-corrected chi connectivity index (χ2v) is 4.68. The molecule has 1 N–H and O–H groups in total. The molecule has 1 aliphatic rings. The van der Waals surface area contributed by atoms with Crippen LogP contribution in [0.5, 0.6) is 0 Å². The molecule has 1 unspecified atom stereocenters. The molecule has 5 heteroatoms. The van der Waals surface area contributed by atoms with Crippen molar-refractivity contribution in [3.8, 4) is 0 Å². The lowest BCUT2D eigenvalue weighted by Crippen LogP contribution is -2.35. The molecule has 0 aliphatic carbocycles. The van der Waals surface area contributed by atoms with E-state index in [4.69, 9.17) is 5.11 Å². The van der Waals surface area contributed by atoms with Crippen molar-refractivity contribution in [1.82, 2.24) is 9.97 Å². The quantitative estimate of drug-likeness (QED) is 0.865. The number of aromatic carboxylic acids is 1. The second kappa shape index (κ2) is 4.69. The predicted octanol–water partition coefficient (Wildman–Crippen LogP) is 1.80. The molecule has 1 aliphatic heterocycles. The van der Waals surface area contributed by atoms with Gasteiger partial charge in [0.05, 0.1) is 0 Å². The lowest BCUT2D eigenvalue weighted by atomic mass is 10.0. The normalized spacial score (nSPS) is 19.9. The average molecular weight is 235 g/mol. The smallest absolute Gasteiger partial charge is 0.358 e. The number of nitrogens with zero attached hydrogens (tertiary/aromatic N) is 3. The van der Waals surface area contributed by atoms with Crippen molar-refractivity contribution in [2.75, 3.05) is 11.4 Å². The molecule has 1 aromatic heterocycles. The SMILES string of the molecule is CC(C)C1CCCN1c1nccnc1C(=O)O. The van der Waals surface area contributed by atoms with Gasteiger partial charge in [-0.25, -0.2) is 14.8 Å². The third-order valence-electron chi connectivity index (χ3n) is 3.22. The van der Waals surface area contributed by atoms with Crippen LogP contribution in [0.1, 0.15) is 37.2 Å². The van der Waals surface area contributed by atoms with Crippen LogP contribution in [0.25, 0.3) is 0 Å². The summed E-state index contributed by atoms with van der Waals surface area (Å²) in [5, 5.41) is 9.12. The van der Waals surface area contributed by atoms with Crippen LogP contribution in [-0.2, 0) is 0 Å². The summed E-state index contributed by atoms with van der Waals surface area (Å²) in [7, 11) is 0. The minimum atomic E-state index is -1.01. The molecule has 1 atom stereocenters. The number of carboxylic acid groups (broad SMARTS) is 1. The largest absolute Gasteiger partial charge is 0.476 e. The highest BCUT2D eigenvalue weighted by Crippen LogP contribution is 2.29. The number of rotatable bonds is 3. The zero-order valence-corrected chi connectivity index (χ0v) is 10.1. The topological polar surface area (TPSA) is 66.3 Å². The fourth-order valence-electron chi connectivity index (χ4n) is 2.44. The van der Waals surface area contributed by atoms with Crippen LogP contribution in [-0.4, -0.2) is 33.6 Å². The third-order valence-corrected chi connectivity index (χ3v) is 3.22. The van der Waals surface area contributed by atoms with E-state index in [2.05, 4.69) is 28.7 Å². The molecule has 0 spiro atoms. The Bertz CT molecular complexity index is 420. The number of hydrogen-bond acceptors (Lipinski definition) is 4. The van der Waals surface area contributed by atoms with Crippen LogP contribution in [0.3, 0.4) is 0 Å². The van der Waals surface area contributed by atoms with Gasteiger partial charge in [-0.3, -0.25) is 0 Å². The van der Waals surface area contributed by atoms with E-state index in [1.165, 1.54) is 6.20 Å². The number of hydrogen-bond donors (Lipinski definition) is 1. The fourth-order valence-corrected chi connectivity index (χ4v) is 2.44. The van der Waals surface area contributed by atoms with Crippen LogP contribution >= 0.6 is 0 Å². The van der Waals surface area contributed by atoms with Gasteiger partial charge in [0.25, 0.3) is 0 Å². The molecule has 92 valence electrons. The third kappa shape index (κ3) is 2.23. The Hall–Kier alpha value is -1.65. The molecule has 0 radical (unpaired) electrons. The monoisotopic (exact) mass is 235 g/mol. The number of carboxylic acids is 1. The van der Waals surface area contributed by atoms with Gasteiger partial charge >= 0.3 is 5.97 Å². The van der Waals surface area contributed by atoms with Gasteiger partial charge in [-0.1, -0.05) is 13.8 Å². The van der Waals surface area contributed by atoms with E-state index in [-0.39, 0.29) is 5.69 Å². The van der Waals surface area contributed by atoms with Gasteiger partial charge < -0.3 is 10.0 Å². The van der Waals surface area contributed by atoms with Gasteiger partial charge in [-0.15, -0.1) is 0 Å². The molecule has 5 nitrogen and oxygen atoms in total. The van der Waals surface area contributed by atoms with Gasteiger partial charge in [-0.05, 0) is 18.8 Å². The molecule has 2 rings (SSSR count). The molecule has 0 amide bonds. The van der Waals surface area contributed by atoms with Crippen molar-refractivity contribution in [3.05, 3.63) is 18.1 Å². The van der Waals surface area contributed by atoms with Gasteiger partial charge in [-0.2, -0.15) is 0 Å². The summed E-state index contributed by atoms with van der Waals surface area (Å²) >= 11 is 0. The van der Waals surface area contributed by atoms with E-state index in [0.29, 0.717) is 17.8 Å². The van der Waals surface area contributed by atoms with E-state index in [1.54, 1.807) is 6.20 Å². The summed E-state index contributed by atoms with van der Waals surface area (Å²) in [5.41, 5.74) is 0.0556. The van der Waals surface area contributed by atoms with E-state index in [1.807, 2.05) is 0 Å². The van der Waals surface area contributed by atoms with Crippen LogP contribution in [0.15, 0.2) is 12.4 Å². The Morgan fingerprint density at radius 3 is 2.82 bits per heavy atom. The number of carbonyl (C=O) groups is 1. The lowest BCUT2D eigenvalue weighted by Gasteiger charge is -2.29. The Labute approximate surface area is 100 Å². The van der Waals surface area contributed by atoms with Crippen LogP contribution in [0, 0.1) is 5.92 Å². The summed E-state index contributed by atoms with van der Waals surface area (Å²) < 4.78 is 0. The minimum absolute atomic E-state index is 0.0556. The van der Waals surface area contributed by atoms with Crippen molar-refractivity contribution in [3.63, 3.8) is 0 Å². The first-order chi connectivity index (χ1) is 8.11. The summed E-state index contributed by atoms with van der Waals surface area (Å²) in [6.45, 7) is 5.17. The maximum Gasteiger partial charge on any atom is 0.358 e. The Morgan fingerprint density at radius 2 is 2.18 bits per heavy atom. The zero-order chi connectivity index (χ0) is 12.4. The molecule has 1 saturated heterocycles. The molecule has 1 fully saturated rings. The molecule has 17 heavy (non-hydrogen) atoms. The summed E-state index contributed by atoms with van der Waals surface area (Å²) in [4.78, 5) is 21.3. The van der Waals surface area contributed by atoms with Crippen LogP contribution < -0.4 is 4.90 Å². The Morgan fingerprint density at radius 1 is 1.47 bits per heavy atom. The first kappa shape index (κ1) is 11.8. The van der Waals surface area contributed by atoms with Gasteiger partial charge in [0.1, 0.15) is 0 Å².